The second-order valence-corrected chi connectivity index (χ2v) is 5.24. The van der Waals surface area contributed by atoms with Crippen LogP contribution in [0.2, 0.25) is 0 Å². The molecule has 0 amide bonds. The van der Waals surface area contributed by atoms with E-state index in [-0.39, 0.29) is 11.4 Å². The molecule has 1 aromatic carbocycles. The summed E-state index contributed by atoms with van der Waals surface area (Å²) in [6, 6.07) is 7.58. The molecule has 0 aliphatic heterocycles. The first-order valence-corrected chi connectivity index (χ1v) is 5.72. The third kappa shape index (κ3) is 4.20. The van der Waals surface area contributed by atoms with Crippen molar-refractivity contribution in [3.05, 3.63) is 35.4 Å². The van der Waals surface area contributed by atoms with Crippen molar-refractivity contribution in [2.24, 2.45) is 5.41 Å². The Morgan fingerprint density at radius 1 is 1.27 bits per heavy atom. The molecule has 0 saturated carbocycles. The summed E-state index contributed by atoms with van der Waals surface area (Å²) in [4.78, 5) is 11.2. The molecule has 82 valence electrons. The number of carbonyl (C=O) groups excluding carboxylic acids is 1. The fourth-order valence-corrected chi connectivity index (χ4v) is 1.67. The molecule has 15 heavy (non-hydrogen) atoms. The standard InChI is InChI=1S/C12H15IO2/c1-12(2,3)8-9-4-6-10(7-5-9)11(14)15-13/h4-7H,8H2,1-3H3. The van der Waals surface area contributed by atoms with Gasteiger partial charge < -0.3 is 3.07 Å². The van der Waals surface area contributed by atoms with Gasteiger partial charge >= 0.3 is 5.97 Å². The van der Waals surface area contributed by atoms with E-state index in [0.717, 1.165) is 6.42 Å². The van der Waals surface area contributed by atoms with Gasteiger partial charge in [-0.3, -0.25) is 0 Å². The molecule has 0 atom stereocenters. The topological polar surface area (TPSA) is 26.3 Å². The van der Waals surface area contributed by atoms with Crippen LogP contribution in [0.15, 0.2) is 24.3 Å². The maximum absolute atomic E-state index is 11.2. The van der Waals surface area contributed by atoms with Crippen LogP contribution < -0.4 is 0 Å². The minimum atomic E-state index is -0.294. The maximum Gasteiger partial charge on any atom is 0.347 e. The van der Waals surface area contributed by atoms with Gasteiger partial charge in [-0.15, -0.1) is 0 Å². The molecule has 3 heteroatoms. The Kier molecular flexibility index (Phi) is 4.13. The zero-order valence-electron chi connectivity index (χ0n) is 9.21. The van der Waals surface area contributed by atoms with Gasteiger partial charge in [-0.2, -0.15) is 0 Å². The first-order valence-electron chi connectivity index (χ1n) is 4.84. The zero-order chi connectivity index (χ0) is 11.5. The van der Waals surface area contributed by atoms with Crippen molar-refractivity contribution in [3.63, 3.8) is 0 Å². The second kappa shape index (κ2) is 4.96. The molecular formula is C12H15IO2. The third-order valence-electron chi connectivity index (χ3n) is 1.99. The first-order chi connectivity index (χ1) is 6.92. The van der Waals surface area contributed by atoms with Crippen molar-refractivity contribution in [2.45, 2.75) is 27.2 Å². The Hall–Kier alpha value is -0.580. The van der Waals surface area contributed by atoms with E-state index in [1.54, 1.807) is 23.0 Å². The smallest absolute Gasteiger partial charge is 0.347 e. The van der Waals surface area contributed by atoms with Crippen molar-refractivity contribution in [1.82, 2.24) is 0 Å². The fraction of sp³-hybridized carbons (Fsp3) is 0.417. The first kappa shape index (κ1) is 12.5. The Bertz CT molecular complexity index is 336. The van der Waals surface area contributed by atoms with Gasteiger partial charge in [-0.1, -0.05) is 32.9 Å². The summed E-state index contributed by atoms with van der Waals surface area (Å²) in [5, 5.41) is 0. The van der Waals surface area contributed by atoms with E-state index >= 15 is 0 Å². The lowest BCUT2D eigenvalue weighted by Gasteiger charge is -2.17. The van der Waals surface area contributed by atoms with Crippen LogP contribution in [0.1, 0.15) is 36.7 Å². The SMILES string of the molecule is CC(C)(C)Cc1ccc(C(=O)OI)cc1. The lowest BCUT2D eigenvalue weighted by molar-refractivity contribution is 0.0800. The molecule has 2 nitrogen and oxygen atoms in total. The Balaban J connectivity index is 2.77. The van der Waals surface area contributed by atoms with Crippen molar-refractivity contribution < 1.29 is 7.86 Å². The predicted molar refractivity (Wildman–Crippen MR) is 69.0 cm³/mol. The van der Waals surface area contributed by atoms with Crippen LogP contribution in [-0.2, 0) is 9.49 Å². The zero-order valence-corrected chi connectivity index (χ0v) is 11.4. The average Bonchev–Trinajstić information content (AvgIpc) is 2.15. The van der Waals surface area contributed by atoms with E-state index in [9.17, 15) is 4.79 Å². The summed E-state index contributed by atoms with van der Waals surface area (Å²) in [7, 11) is 0. The third-order valence-corrected chi connectivity index (χ3v) is 2.39. The number of carbonyl (C=O) groups is 1. The molecule has 0 N–H and O–H groups in total. The van der Waals surface area contributed by atoms with Gasteiger partial charge in [0, 0.05) is 0 Å². The summed E-state index contributed by atoms with van der Waals surface area (Å²) in [6.45, 7) is 6.58. The molecule has 0 heterocycles. The highest BCUT2D eigenvalue weighted by Gasteiger charge is 2.12. The summed E-state index contributed by atoms with van der Waals surface area (Å²) < 4.78 is 4.61. The quantitative estimate of drug-likeness (QED) is 0.776. The van der Waals surface area contributed by atoms with E-state index in [2.05, 4.69) is 23.8 Å². The van der Waals surface area contributed by atoms with Crippen molar-refractivity contribution in [3.8, 4) is 0 Å². The Labute approximate surface area is 105 Å². The van der Waals surface area contributed by atoms with Gasteiger partial charge in [-0.25, -0.2) is 4.79 Å². The highest BCUT2D eigenvalue weighted by Crippen LogP contribution is 2.20. The second-order valence-electron chi connectivity index (χ2n) is 4.80. The van der Waals surface area contributed by atoms with Gasteiger partial charge in [0.1, 0.15) is 0 Å². The molecule has 0 aliphatic carbocycles. The molecule has 0 aliphatic rings. The molecular weight excluding hydrogens is 303 g/mol. The van der Waals surface area contributed by atoms with E-state index in [1.807, 2.05) is 24.3 Å². The molecule has 0 saturated heterocycles. The Morgan fingerprint density at radius 3 is 2.20 bits per heavy atom. The average molecular weight is 318 g/mol. The van der Waals surface area contributed by atoms with Crippen molar-refractivity contribution in [1.29, 1.82) is 0 Å². The van der Waals surface area contributed by atoms with E-state index in [0.29, 0.717) is 5.56 Å². The molecule has 0 spiro atoms. The van der Waals surface area contributed by atoms with Crippen LogP contribution in [0.3, 0.4) is 0 Å². The maximum atomic E-state index is 11.2. The molecule has 1 rings (SSSR count). The van der Waals surface area contributed by atoms with Gasteiger partial charge in [0.05, 0.1) is 5.56 Å². The number of rotatable bonds is 2. The monoisotopic (exact) mass is 318 g/mol. The van der Waals surface area contributed by atoms with Crippen molar-refractivity contribution >= 4 is 29.0 Å². The minimum Gasteiger partial charge on any atom is -0.391 e. The number of halogens is 1. The van der Waals surface area contributed by atoms with Crippen LogP contribution in [0.4, 0.5) is 0 Å². The Morgan fingerprint density at radius 2 is 1.80 bits per heavy atom. The van der Waals surface area contributed by atoms with Crippen molar-refractivity contribution in [2.75, 3.05) is 0 Å². The summed E-state index contributed by atoms with van der Waals surface area (Å²) in [6.07, 6.45) is 1.01. The van der Waals surface area contributed by atoms with Crippen LogP contribution in [0.5, 0.6) is 0 Å². The largest absolute Gasteiger partial charge is 0.391 e. The molecule has 0 unspecified atom stereocenters. The highest BCUT2D eigenvalue weighted by molar-refractivity contribution is 14.1. The van der Waals surface area contributed by atoms with Gasteiger partial charge in [0.15, 0.2) is 23.0 Å². The van der Waals surface area contributed by atoms with Crippen LogP contribution in [0.25, 0.3) is 0 Å². The number of hydrogen-bond donors (Lipinski definition) is 0. The van der Waals surface area contributed by atoms with Gasteiger partial charge in [-0.05, 0) is 29.5 Å². The lowest BCUT2D eigenvalue weighted by atomic mass is 9.88. The normalized spacial score (nSPS) is 11.2. The number of benzene rings is 1. The lowest BCUT2D eigenvalue weighted by Crippen LogP contribution is -2.09. The number of hydrogen-bond acceptors (Lipinski definition) is 2. The highest BCUT2D eigenvalue weighted by atomic mass is 127. The minimum absolute atomic E-state index is 0.269. The van der Waals surface area contributed by atoms with E-state index < -0.39 is 0 Å². The summed E-state index contributed by atoms with van der Waals surface area (Å²) >= 11 is 1.60. The van der Waals surface area contributed by atoms with Crippen LogP contribution >= 0.6 is 23.0 Å². The summed E-state index contributed by atoms with van der Waals surface area (Å²) in [5.74, 6) is -0.294. The van der Waals surface area contributed by atoms with Gasteiger partial charge in [0.2, 0.25) is 0 Å². The predicted octanol–water partition coefficient (Wildman–Crippen LogP) is 3.78. The van der Waals surface area contributed by atoms with Gasteiger partial charge in [0.25, 0.3) is 0 Å². The molecule has 0 radical (unpaired) electrons. The molecule has 1 aromatic rings. The molecule has 0 fully saturated rings. The van der Waals surface area contributed by atoms with Crippen LogP contribution in [0, 0.1) is 5.41 Å². The van der Waals surface area contributed by atoms with Crippen LogP contribution in [-0.4, -0.2) is 5.97 Å². The van der Waals surface area contributed by atoms with E-state index in [4.69, 9.17) is 0 Å². The molecule has 0 aromatic heterocycles. The van der Waals surface area contributed by atoms with E-state index in [1.165, 1.54) is 5.56 Å². The molecule has 0 bridgehead atoms. The summed E-state index contributed by atoms with van der Waals surface area (Å²) in [5.41, 5.74) is 2.11. The fourth-order valence-electron chi connectivity index (χ4n) is 1.42.